The summed E-state index contributed by atoms with van der Waals surface area (Å²) >= 11 is 2.95. The Labute approximate surface area is 229 Å². The summed E-state index contributed by atoms with van der Waals surface area (Å²) in [6, 6.07) is 21.8. The van der Waals surface area contributed by atoms with Crippen LogP contribution in [0.5, 0.6) is 0 Å². The minimum Gasteiger partial charge on any atom is -0.349 e. The maximum atomic E-state index is 13.4. The van der Waals surface area contributed by atoms with Gasteiger partial charge in [0.2, 0.25) is 5.91 Å². The Balaban J connectivity index is 1.22. The molecule has 10 heteroatoms. The van der Waals surface area contributed by atoms with Crippen LogP contribution < -0.4 is 5.32 Å². The fraction of sp³-hybridized carbons (Fsp3) is 0.250. The number of hydrazone groups is 1. The molecule has 0 aliphatic carbocycles. The number of thiophene rings is 1. The highest BCUT2D eigenvalue weighted by molar-refractivity contribution is 7.99. The highest BCUT2D eigenvalue weighted by atomic mass is 32.2. The summed E-state index contributed by atoms with van der Waals surface area (Å²) < 4.78 is 1.81. The van der Waals surface area contributed by atoms with E-state index in [4.69, 9.17) is 5.10 Å². The van der Waals surface area contributed by atoms with E-state index in [1.807, 2.05) is 59.5 Å². The molecule has 2 aromatic heterocycles. The van der Waals surface area contributed by atoms with Crippen LogP contribution in [0.4, 0.5) is 0 Å². The minimum absolute atomic E-state index is 0.0841. The van der Waals surface area contributed by atoms with Gasteiger partial charge >= 0.3 is 0 Å². The van der Waals surface area contributed by atoms with Crippen LogP contribution in [-0.4, -0.2) is 43.1 Å². The van der Waals surface area contributed by atoms with Crippen molar-refractivity contribution in [3.05, 3.63) is 99.5 Å². The molecule has 38 heavy (non-hydrogen) atoms. The fourth-order valence-corrected chi connectivity index (χ4v) is 5.72. The molecule has 0 saturated heterocycles. The molecule has 0 bridgehead atoms. The van der Waals surface area contributed by atoms with Crippen molar-refractivity contribution in [3.8, 4) is 0 Å². The number of rotatable bonds is 9. The monoisotopic (exact) mass is 544 g/mol. The molecule has 8 nitrogen and oxygen atoms in total. The van der Waals surface area contributed by atoms with Crippen molar-refractivity contribution in [2.24, 2.45) is 12.1 Å². The van der Waals surface area contributed by atoms with E-state index in [1.165, 1.54) is 17.3 Å². The van der Waals surface area contributed by atoms with Gasteiger partial charge in [-0.2, -0.15) is 5.10 Å². The van der Waals surface area contributed by atoms with Crippen LogP contribution in [-0.2, 0) is 29.6 Å². The first-order valence-corrected chi connectivity index (χ1v) is 14.2. The van der Waals surface area contributed by atoms with Gasteiger partial charge in [-0.1, -0.05) is 78.0 Å². The highest BCUT2D eigenvalue weighted by Gasteiger charge is 2.33. The molecule has 2 aromatic carbocycles. The lowest BCUT2D eigenvalue weighted by Gasteiger charge is -2.22. The molecule has 1 aliphatic rings. The number of aromatic nitrogens is 3. The van der Waals surface area contributed by atoms with E-state index in [9.17, 15) is 9.59 Å². The molecule has 1 N–H and O–H groups in total. The number of benzene rings is 2. The average Bonchev–Trinajstić information content (AvgIpc) is 3.68. The lowest BCUT2D eigenvalue weighted by molar-refractivity contribution is -0.130. The summed E-state index contributed by atoms with van der Waals surface area (Å²) in [5.74, 6) is 0.626. The van der Waals surface area contributed by atoms with Crippen molar-refractivity contribution in [2.45, 2.75) is 37.5 Å². The number of carbonyl (C=O) groups is 2. The first kappa shape index (κ1) is 25.9. The summed E-state index contributed by atoms with van der Waals surface area (Å²) in [5.41, 5.74) is 4.12. The normalized spacial score (nSPS) is 14.9. The van der Waals surface area contributed by atoms with Crippen LogP contribution in [0.2, 0.25) is 0 Å². The van der Waals surface area contributed by atoms with Gasteiger partial charge < -0.3 is 9.88 Å². The van der Waals surface area contributed by atoms with Crippen molar-refractivity contribution in [1.82, 2.24) is 25.1 Å². The minimum atomic E-state index is -0.143. The second-order valence-corrected chi connectivity index (χ2v) is 11.0. The van der Waals surface area contributed by atoms with Crippen LogP contribution in [0.15, 0.2) is 82.4 Å². The van der Waals surface area contributed by atoms with E-state index < -0.39 is 0 Å². The van der Waals surface area contributed by atoms with Gasteiger partial charge in [-0.05, 0) is 29.5 Å². The Kier molecular flexibility index (Phi) is 8.00. The second kappa shape index (κ2) is 11.7. The third-order valence-electron chi connectivity index (χ3n) is 6.33. The van der Waals surface area contributed by atoms with Crippen molar-refractivity contribution in [2.75, 3.05) is 5.75 Å². The predicted molar refractivity (Wildman–Crippen MR) is 150 cm³/mol. The SMILES string of the molecule is Cc1ccc([C@H]2CC(c3cccs3)=NN2C(=O)CSc2nnc(CNC(=O)Cc3ccccc3)n2C)cc1. The molecular formula is C28H28N6O2S2. The van der Waals surface area contributed by atoms with Gasteiger partial charge in [-0.3, -0.25) is 9.59 Å². The second-order valence-electron chi connectivity index (χ2n) is 9.08. The van der Waals surface area contributed by atoms with Crippen LogP contribution in [0.1, 0.15) is 39.9 Å². The summed E-state index contributed by atoms with van der Waals surface area (Å²) in [6.45, 7) is 2.31. The Morgan fingerprint density at radius 3 is 2.58 bits per heavy atom. The van der Waals surface area contributed by atoms with Crippen molar-refractivity contribution in [3.63, 3.8) is 0 Å². The molecule has 0 unspecified atom stereocenters. The third-order valence-corrected chi connectivity index (χ3v) is 8.26. The van der Waals surface area contributed by atoms with E-state index in [0.29, 0.717) is 23.8 Å². The molecule has 0 saturated carbocycles. The van der Waals surface area contributed by atoms with E-state index >= 15 is 0 Å². The summed E-state index contributed by atoms with van der Waals surface area (Å²) in [6.07, 6.45) is 0.984. The first-order valence-electron chi connectivity index (χ1n) is 12.3. The Hall–Kier alpha value is -3.76. The summed E-state index contributed by atoms with van der Waals surface area (Å²) in [7, 11) is 1.84. The van der Waals surface area contributed by atoms with E-state index in [2.05, 4.69) is 46.7 Å². The number of hydrogen-bond donors (Lipinski definition) is 1. The van der Waals surface area contributed by atoms with Gasteiger partial charge in [0.15, 0.2) is 11.0 Å². The fourth-order valence-electron chi connectivity index (χ4n) is 4.22. The van der Waals surface area contributed by atoms with E-state index in [0.717, 1.165) is 21.7 Å². The van der Waals surface area contributed by atoms with Gasteiger partial charge in [0, 0.05) is 13.5 Å². The molecule has 1 atom stereocenters. The van der Waals surface area contributed by atoms with Gasteiger partial charge in [0.25, 0.3) is 5.91 Å². The zero-order chi connectivity index (χ0) is 26.5. The number of amides is 2. The van der Waals surface area contributed by atoms with Gasteiger partial charge in [0.05, 0.1) is 35.3 Å². The Morgan fingerprint density at radius 2 is 1.84 bits per heavy atom. The molecule has 0 radical (unpaired) electrons. The summed E-state index contributed by atoms with van der Waals surface area (Å²) in [5, 5.41) is 20.3. The number of carbonyl (C=O) groups excluding carboxylic acids is 2. The standard InChI is InChI=1S/C28H28N6O2S2/c1-19-10-12-21(13-11-19)23-16-22(24-9-6-14-37-24)32-34(23)27(36)18-38-28-31-30-25(33(28)2)17-29-26(35)15-20-7-4-3-5-8-20/h3-14,23H,15-18H2,1-2H3,(H,29,35)/t23-/m1/s1. The highest BCUT2D eigenvalue weighted by Crippen LogP contribution is 2.34. The number of nitrogens with one attached hydrogen (secondary N) is 1. The molecular weight excluding hydrogens is 516 g/mol. The van der Waals surface area contributed by atoms with Crippen LogP contribution in [0.25, 0.3) is 0 Å². The topological polar surface area (TPSA) is 92.5 Å². The van der Waals surface area contributed by atoms with Crippen molar-refractivity contribution in [1.29, 1.82) is 0 Å². The number of nitrogens with zero attached hydrogens (tertiary/aromatic N) is 5. The van der Waals surface area contributed by atoms with Gasteiger partial charge in [-0.15, -0.1) is 21.5 Å². The van der Waals surface area contributed by atoms with Gasteiger partial charge in [-0.25, -0.2) is 5.01 Å². The molecule has 3 heterocycles. The van der Waals surface area contributed by atoms with E-state index in [1.54, 1.807) is 16.3 Å². The van der Waals surface area contributed by atoms with Crippen LogP contribution in [0, 0.1) is 6.92 Å². The van der Waals surface area contributed by atoms with E-state index in [-0.39, 0.29) is 30.2 Å². The maximum absolute atomic E-state index is 13.4. The molecule has 0 fully saturated rings. The molecule has 2 amide bonds. The lowest BCUT2D eigenvalue weighted by Crippen LogP contribution is -2.28. The lowest BCUT2D eigenvalue weighted by atomic mass is 10.00. The molecule has 4 aromatic rings. The average molecular weight is 545 g/mol. The number of thioether (sulfide) groups is 1. The maximum Gasteiger partial charge on any atom is 0.253 e. The van der Waals surface area contributed by atoms with Crippen LogP contribution >= 0.6 is 23.1 Å². The number of aryl methyl sites for hydroxylation is 1. The third kappa shape index (κ3) is 6.03. The van der Waals surface area contributed by atoms with Crippen LogP contribution in [0.3, 0.4) is 0 Å². The zero-order valence-electron chi connectivity index (χ0n) is 21.2. The zero-order valence-corrected chi connectivity index (χ0v) is 22.8. The molecule has 5 rings (SSSR count). The molecule has 1 aliphatic heterocycles. The largest absolute Gasteiger partial charge is 0.349 e. The molecule has 194 valence electrons. The summed E-state index contributed by atoms with van der Waals surface area (Å²) in [4.78, 5) is 26.8. The Bertz CT molecular complexity index is 1430. The van der Waals surface area contributed by atoms with Crippen molar-refractivity contribution >= 4 is 40.6 Å². The first-order chi connectivity index (χ1) is 18.5. The Morgan fingerprint density at radius 1 is 1.05 bits per heavy atom. The van der Waals surface area contributed by atoms with Gasteiger partial charge in [0.1, 0.15) is 0 Å². The molecule has 0 spiro atoms. The predicted octanol–water partition coefficient (Wildman–Crippen LogP) is 4.51. The smallest absolute Gasteiger partial charge is 0.253 e. The number of hydrogen-bond acceptors (Lipinski definition) is 7. The van der Waals surface area contributed by atoms with Crippen molar-refractivity contribution < 1.29 is 9.59 Å². The quantitative estimate of drug-likeness (QED) is 0.313.